The highest BCUT2D eigenvalue weighted by molar-refractivity contribution is 7.10. The molecule has 3 aromatic heterocycles. The molecule has 0 bridgehead atoms. The van der Waals surface area contributed by atoms with E-state index in [0.29, 0.717) is 31.3 Å². The number of hydrogen-bond donors (Lipinski definition) is 2. The number of H-pyrrole nitrogens is 1. The van der Waals surface area contributed by atoms with Crippen LogP contribution in [0.15, 0.2) is 23.7 Å². The molecule has 1 amide bonds. The predicted molar refractivity (Wildman–Crippen MR) is 117 cm³/mol. The fraction of sp³-hybridized carbons (Fsp3) is 0.476. The van der Waals surface area contributed by atoms with Crippen molar-refractivity contribution in [2.45, 2.75) is 25.6 Å². The average Bonchev–Trinajstić information content (AvgIpc) is 3.37. The first-order valence-electron chi connectivity index (χ1n) is 10.3. The van der Waals surface area contributed by atoms with Crippen molar-refractivity contribution < 1.29 is 19.4 Å². The van der Waals surface area contributed by atoms with Crippen molar-refractivity contribution in [2.24, 2.45) is 0 Å². The van der Waals surface area contributed by atoms with Crippen LogP contribution in [0.3, 0.4) is 0 Å². The average molecular weight is 444 g/mol. The number of fused-ring (bicyclic) bond motifs is 1. The molecule has 2 saturated heterocycles. The van der Waals surface area contributed by atoms with E-state index in [-0.39, 0.29) is 12.2 Å². The Hall–Kier alpha value is -2.69. The van der Waals surface area contributed by atoms with Crippen LogP contribution in [0.2, 0.25) is 0 Å². The van der Waals surface area contributed by atoms with Gasteiger partial charge in [-0.05, 0) is 26.0 Å². The number of ether oxygens (including phenoxy) is 2. The molecule has 2 fully saturated rings. The summed E-state index contributed by atoms with van der Waals surface area (Å²) in [5.41, 5.74) is 2.55. The molecular formula is C21H25N5O4S. The number of amides is 1. The predicted octanol–water partition coefficient (Wildman–Crippen LogP) is 2.57. The molecule has 2 N–H and O–H groups in total. The van der Waals surface area contributed by atoms with Gasteiger partial charge in [0.2, 0.25) is 0 Å². The first-order chi connectivity index (χ1) is 14.9. The summed E-state index contributed by atoms with van der Waals surface area (Å²) in [6.07, 6.45) is 1.42. The standard InChI is InChI=1S/C21H25N5O4S/c1-21(2,28)19-24-16(12-31-19)15-9-14-17(3-4-22-18(14)23-15)25-5-7-26(8-6-25)20(27)30-13-10-29-11-13/h3-4,9,12-13,28H,5-8,10-11H2,1-2H3,(H,22,23). The summed E-state index contributed by atoms with van der Waals surface area (Å²) in [7, 11) is 0. The Morgan fingerprint density at radius 3 is 2.74 bits per heavy atom. The number of carbonyl (C=O) groups is 1. The van der Waals surface area contributed by atoms with Crippen molar-refractivity contribution in [2.75, 3.05) is 44.3 Å². The number of aromatic nitrogens is 3. The van der Waals surface area contributed by atoms with Crippen molar-refractivity contribution in [3.05, 3.63) is 28.7 Å². The van der Waals surface area contributed by atoms with Crippen LogP contribution < -0.4 is 4.90 Å². The van der Waals surface area contributed by atoms with Crippen LogP contribution in [0.1, 0.15) is 18.9 Å². The number of carbonyl (C=O) groups excluding carboxylic acids is 1. The first kappa shape index (κ1) is 20.2. The number of anilines is 1. The van der Waals surface area contributed by atoms with E-state index in [1.54, 1.807) is 24.9 Å². The summed E-state index contributed by atoms with van der Waals surface area (Å²) < 4.78 is 10.5. The molecule has 2 aliphatic heterocycles. The maximum absolute atomic E-state index is 12.3. The number of nitrogens with zero attached hydrogens (tertiary/aromatic N) is 4. The van der Waals surface area contributed by atoms with Gasteiger partial charge < -0.3 is 29.4 Å². The second-order valence-corrected chi connectivity index (χ2v) is 9.25. The topological polar surface area (TPSA) is 104 Å². The molecule has 0 spiro atoms. The molecule has 0 atom stereocenters. The van der Waals surface area contributed by atoms with Crippen molar-refractivity contribution >= 4 is 34.2 Å². The Bertz CT molecular complexity index is 1090. The molecule has 2 aliphatic rings. The summed E-state index contributed by atoms with van der Waals surface area (Å²) in [6.45, 7) is 7.10. The van der Waals surface area contributed by atoms with E-state index in [1.807, 2.05) is 11.4 Å². The number of rotatable bonds is 4. The van der Waals surface area contributed by atoms with Gasteiger partial charge in [0.1, 0.15) is 16.3 Å². The summed E-state index contributed by atoms with van der Waals surface area (Å²) in [5, 5.41) is 13.8. The zero-order valence-corrected chi connectivity index (χ0v) is 18.3. The molecule has 0 unspecified atom stereocenters. The van der Waals surface area contributed by atoms with Gasteiger partial charge in [-0.2, -0.15) is 0 Å². The lowest BCUT2D eigenvalue weighted by atomic mass is 10.1. The van der Waals surface area contributed by atoms with Gasteiger partial charge in [-0.1, -0.05) is 0 Å². The Morgan fingerprint density at radius 2 is 2.10 bits per heavy atom. The van der Waals surface area contributed by atoms with E-state index in [1.165, 1.54) is 11.3 Å². The summed E-state index contributed by atoms with van der Waals surface area (Å²) in [6, 6.07) is 4.06. The van der Waals surface area contributed by atoms with Crippen LogP contribution in [0, 0.1) is 0 Å². The minimum Gasteiger partial charge on any atom is -0.441 e. The third-order valence-electron chi connectivity index (χ3n) is 5.57. The molecule has 5 heterocycles. The third kappa shape index (κ3) is 3.98. The van der Waals surface area contributed by atoms with Gasteiger partial charge in [-0.3, -0.25) is 0 Å². The molecule has 9 nitrogen and oxygen atoms in total. The van der Waals surface area contributed by atoms with Gasteiger partial charge in [0.15, 0.2) is 6.10 Å². The van der Waals surface area contributed by atoms with Crippen LogP contribution >= 0.6 is 11.3 Å². The van der Waals surface area contributed by atoms with E-state index >= 15 is 0 Å². The molecule has 164 valence electrons. The van der Waals surface area contributed by atoms with Crippen LogP contribution in [0.4, 0.5) is 10.5 Å². The van der Waals surface area contributed by atoms with Crippen LogP contribution in [-0.4, -0.2) is 76.5 Å². The number of aromatic amines is 1. The number of nitrogens with one attached hydrogen (secondary N) is 1. The quantitative estimate of drug-likeness (QED) is 0.639. The van der Waals surface area contributed by atoms with Gasteiger partial charge in [-0.25, -0.2) is 14.8 Å². The lowest BCUT2D eigenvalue weighted by molar-refractivity contribution is -0.104. The first-order valence-corrected chi connectivity index (χ1v) is 11.2. The van der Waals surface area contributed by atoms with Gasteiger partial charge in [0, 0.05) is 48.8 Å². The zero-order chi connectivity index (χ0) is 21.6. The van der Waals surface area contributed by atoms with E-state index in [9.17, 15) is 9.90 Å². The van der Waals surface area contributed by atoms with E-state index in [4.69, 9.17) is 9.47 Å². The molecule has 31 heavy (non-hydrogen) atoms. The number of aliphatic hydroxyl groups is 1. The Kier molecular flexibility index (Phi) is 5.07. The summed E-state index contributed by atoms with van der Waals surface area (Å²) in [5.74, 6) is 0. The lowest BCUT2D eigenvalue weighted by Crippen LogP contribution is -2.51. The molecule has 10 heteroatoms. The molecule has 0 aromatic carbocycles. The van der Waals surface area contributed by atoms with Gasteiger partial charge >= 0.3 is 6.09 Å². The maximum Gasteiger partial charge on any atom is 0.410 e. The molecule has 0 saturated carbocycles. The minimum absolute atomic E-state index is 0.105. The molecule has 3 aromatic rings. The number of hydrogen-bond acceptors (Lipinski definition) is 8. The van der Waals surface area contributed by atoms with E-state index < -0.39 is 5.60 Å². The summed E-state index contributed by atoms with van der Waals surface area (Å²) in [4.78, 5) is 28.7. The van der Waals surface area contributed by atoms with Crippen LogP contribution in [0.5, 0.6) is 0 Å². The highest BCUT2D eigenvalue weighted by Crippen LogP contribution is 2.33. The van der Waals surface area contributed by atoms with Crippen LogP contribution in [-0.2, 0) is 15.1 Å². The molecule has 0 radical (unpaired) electrons. The number of piperazine rings is 1. The van der Waals surface area contributed by atoms with Crippen molar-refractivity contribution in [3.63, 3.8) is 0 Å². The minimum atomic E-state index is -0.967. The highest BCUT2D eigenvalue weighted by atomic mass is 32.1. The van der Waals surface area contributed by atoms with Crippen molar-refractivity contribution in [3.8, 4) is 11.4 Å². The third-order valence-corrected chi connectivity index (χ3v) is 6.72. The van der Waals surface area contributed by atoms with Gasteiger partial charge in [0.25, 0.3) is 0 Å². The molecule has 0 aliphatic carbocycles. The number of pyridine rings is 1. The fourth-order valence-corrected chi connectivity index (χ4v) is 4.58. The smallest absolute Gasteiger partial charge is 0.410 e. The monoisotopic (exact) mass is 443 g/mol. The second-order valence-electron chi connectivity index (χ2n) is 8.39. The summed E-state index contributed by atoms with van der Waals surface area (Å²) >= 11 is 1.44. The van der Waals surface area contributed by atoms with Gasteiger partial charge in [0.05, 0.1) is 24.6 Å². The Morgan fingerprint density at radius 1 is 1.32 bits per heavy atom. The van der Waals surface area contributed by atoms with Crippen molar-refractivity contribution in [1.29, 1.82) is 0 Å². The van der Waals surface area contributed by atoms with E-state index in [0.717, 1.165) is 41.2 Å². The Balaban J connectivity index is 1.33. The Labute approximate surface area is 183 Å². The lowest BCUT2D eigenvalue weighted by Gasteiger charge is -2.37. The van der Waals surface area contributed by atoms with E-state index in [2.05, 4.69) is 25.9 Å². The molecular weight excluding hydrogens is 418 g/mol. The maximum atomic E-state index is 12.3. The molecule has 5 rings (SSSR count). The normalized spacial score (nSPS) is 17.8. The van der Waals surface area contributed by atoms with Crippen molar-refractivity contribution in [1.82, 2.24) is 19.9 Å². The SMILES string of the molecule is CC(C)(O)c1nc(-c2cc3c(N4CCN(C(=O)OC5COC5)CC4)ccnc3[nH]2)cs1. The zero-order valence-electron chi connectivity index (χ0n) is 17.5. The van der Waals surface area contributed by atoms with Crippen LogP contribution in [0.25, 0.3) is 22.4 Å². The van der Waals surface area contributed by atoms with Gasteiger partial charge in [-0.15, -0.1) is 11.3 Å². The fourth-order valence-electron chi connectivity index (χ4n) is 3.73. The second kappa shape index (κ2) is 7.77. The largest absolute Gasteiger partial charge is 0.441 e. The number of thiazole rings is 1. The highest BCUT2D eigenvalue weighted by Gasteiger charge is 2.29.